The summed E-state index contributed by atoms with van der Waals surface area (Å²) in [6, 6.07) is 10.8. The highest BCUT2D eigenvalue weighted by Gasteiger charge is 2.17. The van der Waals surface area contributed by atoms with Crippen molar-refractivity contribution in [3.8, 4) is 0 Å². The van der Waals surface area contributed by atoms with Crippen LogP contribution in [0.3, 0.4) is 0 Å². The molecule has 2 heteroatoms. The van der Waals surface area contributed by atoms with E-state index in [1.54, 1.807) is 0 Å². The molecule has 0 aliphatic carbocycles. The molecule has 0 saturated carbocycles. The summed E-state index contributed by atoms with van der Waals surface area (Å²) >= 11 is 0. The molecule has 0 bridgehead atoms. The SMILES string of the molecule is CCCCCCCCC[N+](C)(C)c1ccccc1.[B]. The fourth-order valence-electron chi connectivity index (χ4n) is 2.42. The Kier molecular flexibility index (Phi) is 9.68. The molecule has 0 N–H and O–H groups in total. The largest absolute Gasteiger partial charge is 0.296 e. The molecule has 105 valence electrons. The van der Waals surface area contributed by atoms with E-state index in [0.29, 0.717) is 0 Å². The van der Waals surface area contributed by atoms with E-state index in [4.69, 9.17) is 0 Å². The van der Waals surface area contributed by atoms with Crippen molar-refractivity contribution < 1.29 is 0 Å². The Morgan fingerprint density at radius 3 is 1.89 bits per heavy atom. The van der Waals surface area contributed by atoms with Crippen LogP contribution in [0.15, 0.2) is 30.3 Å². The minimum atomic E-state index is 0. The van der Waals surface area contributed by atoms with Crippen LogP contribution in [-0.4, -0.2) is 29.1 Å². The van der Waals surface area contributed by atoms with Crippen LogP contribution in [0, 0.1) is 0 Å². The van der Waals surface area contributed by atoms with E-state index in [-0.39, 0.29) is 8.41 Å². The van der Waals surface area contributed by atoms with Gasteiger partial charge in [-0.3, -0.25) is 4.48 Å². The second kappa shape index (κ2) is 10.1. The zero-order valence-electron chi connectivity index (χ0n) is 13.1. The van der Waals surface area contributed by atoms with Gasteiger partial charge in [0.25, 0.3) is 0 Å². The van der Waals surface area contributed by atoms with E-state index >= 15 is 0 Å². The first-order valence-corrected chi connectivity index (χ1v) is 7.55. The summed E-state index contributed by atoms with van der Waals surface area (Å²) in [4.78, 5) is 0. The monoisotopic (exact) mass is 259 g/mol. The van der Waals surface area contributed by atoms with Crippen LogP contribution in [0.5, 0.6) is 0 Å². The maximum atomic E-state index is 2.31. The van der Waals surface area contributed by atoms with Crippen molar-refractivity contribution in [2.45, 2.75) is 51.9 Å². The maximum absolute atomic E-state index is 2.31. The molecule has 0 amide bonds. The highest BCUT2D eigenvalue weighted by Crippen LogP contribution is 2.19. The third-order valence-electron chi connectivity index (χ3n) is 3.78. The molecule has 0 aromatic heterocycles. The Hall–Kier alpha value is -0.755. The number of rotatable bonds is 9. The smallest absolute Gasteiger partial charge is 0.132 e. The number of hydrogen-bond donors (Lipinski definition) is 0. The van der Waals surface area contributed by atoms with Gasteiger partial charge in [0.2, 0.25) is 0 Å². The number of benzene rings is 1. The Morgan fingerprint density at radius 2 is 1.32 bits per heavy atom. The molecule has 1 aromatic carbocycles. The lowest BCUT2D eigenvalue weighted by atomic mass is 10.1. The summed E-state index contributed by atoms with van der Waals surface area (Å²) in [6.07, 6.45) is 9.74. The predicted molar refractivity (Wildman–Crippen MR) is 88.7 cm³/mol. The number of unbranched alkanes of at least 4 members (excludes halogenated alkanes) is 6. The molecular formula is C17H30BN+. The van der Waals surface area contributed by atoms with Gasteiger partial charge in [0, 0.05) is 8.41 Å². The molecule has 0 atom stereocenters. The summed E-state index contributed by atoms with van der Waals surface area (Å²) in [7, 11) is 4.62. The van der Waals surface area contributed by atoms with Gasteiger partial charge in [0.1, 0.15) is 5.69 Å². The molecule has 0 fully saturated rings. The summed E-state index contributed by atoms with van der Waals surface area (Å²) < 4.78 is 1.01. The van der Waals surface area contributed by atoms with Gasteiger partial charge >= 0.3 is 0 Å². The molecule has 1 rings (SSSR count). The summed E-state index contributed by atoms with van der Waals surface area (Å²) in [5.41, 5.74) is 1.42. The van der Waals surface area contributed by atoms with Gasteiger partial charge < -0.3 is 0 Å². The van der Waals surface area contributed by atoms with Crippen LogP contribution < -0.4 is 4.48 Å². The number of para-hydroxylation sites is 1. The van der Waals surface area contributed by atoms with E-state index in [2.05, 4.69) is 51.4 Å². The minimum absolute atomic E-state index is 0. The van der Waals surface area contributed by atoms with Crippen molar-refractivity contribution in [3.63, 3.8) is 0 Å². The first-order chi connectivity index (χ1) is 8.67. The lowest BCUT2D eigenvalue weighted by Crippen LogP contribution is -2.41. The number of nitrogens with zero attached hydrogens (tertiary/aromatic N) is 1. The zero-order chi connectivity index (χ0) is 13.3. The van der Waals surface area contributed by atoms with E-state index in [0.717, 1.165) is 4.48 Å². The van der Waals surface area contributed by atoms with Crippen molar-refractivity contribution >= 4 is 14.1 Å². The molecule has 19 heavy (non-hydrogen) atoms. The van der Waals surface area contributed by atoms with Gasteiger partial charge in [0.15, 0.2) is 0 Å². The van der Waals surface area contributed by atoms with E-state index in [1.807, 2.05) is 0 Å². The van der Waals surface area contributed by atoms with Crippen LogP contribution in [0.2, 0.25) is 0 Å². The highest BCUT2D eigenvalue weighted by atomic mass is 15.3. The topological polar surface area (TPSA) is 0 Å². The molecule has 0 unspecified atom stereocenters. The van der Waals surface area contributed by atoms with Crippen LogP contribution in [0.4, 0.5) is 5.69 Å². The molecule has 3 radical (unpaired) electrons. The maximum Gasteiger partial charge on any atom is 0.132 e. The fourth-order valence-corrected chi connectivity index (χ4v) is 2.42. The molecular weight excluding hydrogens is 229 g/mol. The average Bonchev–Trinajstić information content (AvgIpc) is 2.39. The van der Waals surface area contributed by atoms with Crippen LogP contribution in [0.25, 0.3) is 0 Å². The number of quaternary nitrogens is 1. The van der Waals surface area contributed by atoms with Crippen molar-refractivity contribution in [1.29, 1.82) is 0 Å². The van der Waals surface area contributed by atoms with Gasteiger partial charge in [-0.05, 0) is 25.0 Å². The zero-order valence-corrected chi connectivity index (χ0v) is 13.1. The van der Waals surface area contributed by atoms with Gasteiger partial charge in [-0.15, -0.1) is 0 Å². The van der Waals surface area contributed by atoms with Gasteiger partial charge in [-0.2, -0.15) is 0 Å². The summed E-state index contributed by atoms with van der Waals surface area (Å²) in [5, 5.41) is 0. The van der Waals surface area contributed by atoms with E-state index < -0.39 is 0 Å². The Labute approximate surface area is 122 Å². The normalized spacial score (nSPS) is 11.1. The molecule has 0 heterocycles. The lowest BCUT2D eigenvalue weighted by Gasteiger charge is -2.29. The van der Waals surface area contributed by atoms with Crippen LogP contribution >= 0.6 is 0 Å². The lowest BCUT2D eigenvalue weighted by molar-refractivity contribution is 0.381. The van der Waals surface area contributed by atoms with Gasteiger partial charge in [-0.25, -0.2) is 0 Å². The second-order valence-corrected chi connectivity index (χ2v) is 5.87. The minimum Gasteiger partial charge on any atom is -0.296 e. The van der Waals surface area contributed by atoms with Gasteiger partial charge in [-0.1, -0.05) is 57.2 Å². The highest BCUT2D eigenvalue weighted by molar-refractivity contribution is 5.75. The summed E-state index contributed by atoms with van der Waals surface area (Å²) in [5.74, 6) is 0. The summed E-state index contributed by atoms with van der Waals surface area (Å²) in [6.45, 7) is 3.53. The Morgan fingerprint density at radius 1 is 0.789 bits per heavy atom. The molecule has 0 spiro atoms. The standard InChI is InChI=1S/C17H30N.B/c1-4-5-6-7-8-9-13-16-18(2,3)17-14-11-10-12-15-17;/h10-12,14-15H,4-9,13,16H2,1-3H3;/q+1;. The van der Waals surface area contributed by atoms with Gasteiger partial charge in [0.05, 0.1) is 20.6 Å². The van der Waals surface area contributed by atoms with Crippen LogP contribution in [0.1, 0.15) is 51.9 Å². The van der Waals surface area contributed by atoms with Crippen LogP contribution in [-0.2, 0) is 0 Å². The predicted octanol–water partition coefficient (Wildman–Crippen LogP) is 4.62. The van der Waals surface area contributed by atoms with Crippen molar-refractivity contribution in [2.75, 3.05) is 20.6 Å². The molecule has 0 saturated heterocycles. The first kappa shape index (κ1) is 18.2. The van der Waals surface area contributed by atoms with E-state index in [9.17, 15) is 0 Å². The van der Waals surface area contributed by atoms with E-state index in [1.165, 1.54) is 57.2 Å². The first-order valence-electron chi connectivity index (χ1n) is 7.55. The third-order valence-corrected chi connectivity index (χ3v) is 3.78. The quantitative estimate of drug-likeness (QED) is 0.345. The Bertz CT molecular complexity index is 308. The second-order valence-electron chi connectivity index (χ2n) is 5.87. The van der Waals surface area contributed by atoms with Crippen molar-refractivity contribution in [2.24, 2.45) is 0 Å². The molecule has 1 aromatic rings. The third kappa shape index (κ3) is 7.42. The Balaban J connectivity index is 0.00000324. The molecule has 0 aliphatic rings. The van der Waals surface area contributed by atoms with Crippen molar-refractivity contribution in [3.05, 3.63) is 30.3 Å². The molecule has 1 nitrogen and oxygen atoms in total. The van der Waals surface area contributed by atoms with Crippen molar-refractivity contribution in [1.82, 2.24) is 4.48 Å². The molecule has 0 aliphatic heterocycles. The average molecular weight is 259 g/mol. The fraction of sp³-hybridized carbons (Fsp3) is 0.647. The number of hydrogen-bond acceptors (Lipinski definition) is 0.